The van der Waals surface area contributed by atoms with Crippen molar-refractivity contribution in [3.05, 3.63) is 35.4 Å². The molecule has 0 aromatic heterocycles. The largest absolute Gasteiger partial charge is 0.445 e. The predicted octanol–water partition coefficient (Wildman–Crippen LogP) is 1.58. The molecule has 0 aliphatic heterocycles. The molecule has 0 saturated carbocycles. The lowest BCUT2D eigenvalue weighted by molar-refractivity contribution is 0.137. The first kappa shape index (κ1) is 15.4. The zero-order chi connectivity index (χ0) is 14.1. The molecule has 0 bridgehead atoms. The van der Waals surface area contributed by atoms with Crippen LogP contribution in [-0.4, -0.2) is 31.3 Å². The van der Waals surface area contributed by atoms with Gasteiger partial charge in [-0.25, -0.2) is 4.79 Å². The number of nitrogens with two attached hydrogens (primary N) is 1. The number of benzene rings is 1. The van der Waals surface area contributed by atoms with Crippen molar-refractivity contribution in [1.82, 2.24) is 5.32 Å². The molecule has 0 heterocycles. The van der Waals surface area contributed by atoms with Gasteiger partial charge in [0, 0.05) is 25.8 Å². The van der Waals surface area contributed by atoms with Gasteiger partial charge in [-0.2, -0.15) is 0 Å². The summed E-state index contributed by atoms with van der Waals surface area (Å²) in [7, 11) is 1.62. The highest BCUT2D eigenvalue weighted by Gasteiger charge is 2.02. The number of hydrogen-bond acceptors (Lipinski definition) is 4. The van der Waals surface area contributed by atoms with Gasteiger partial charge in [-0.15, -0.1) is 0 Å². The van der Waals surface area contributed by atoms with Crippen LogP contribution in [0.5, 0.6) is 0 Å². The number of thiocarbonyl (C=S) groups is 1. The molecule has 0 spiro atoms. The van der Waals surface area contributed by atoms with Crippen LogP contribution in [0.15, 0.2) is 24.3 Å². The van der Waals surface area contributed by atoms with E-state index in [9.17, 15) is 4.79 Å². The first-order chi connectivity index (χ1) is 9.13. The Labute approximate surface area is 118 Å². The van der Waals surface area contributed by atoms with E-state index in [0.717, 1.165) is 17.5 Å². The minimum absolute atomic E-state index is 0.216. The van der Waals surface area contributed by atoms with Crippen LogP contribution in [0, 0.1) is 0 Å². The second kappa shape index (κ2) is 8.44. The van der Waals surface area contributed by atoms with Gasteiger partial charge in [0.25, 0.3) is 0 Å². The third-order valence-electron chi connectivity index (χ3n) is 2.40. The van der Waals surface area contributed by atoms with Crippen molar-refractivity contribution in [2.75, 3.05) is 20.3 Å². The lowest BCUT2D eigenvalue weighted by Gasteiger charge is -2.07. The summed E-state index contributed by atoms with van der Waals surface area (Å²) in [5.74, 6) is 0. The van der Waals surface area contributed by atoms with Crippen molar-refractivity contribution >= 4 is 23.3 Å². The van der Waals surface area contributed by atoms with Gasteiger partial charge in [-0.3, -0.25) is 0 Å². The van der Waals surface area contributed by atoms with Crippen molar-refractivity contribution < 1.29 is 14.3 Å². The minimum Gasteiger partial charge on any atom is -0.445 e. The maximum Gasteiger partial charge on any atom is 0.407 e. The summed E-state index contributed by atoms with van der Waals surface area (Å²) in [6.45, 7) is 1.36. The third kappa shape index (κ3) is 6.17. The van der Waals surface area contributed by atoms with E-state index in [4.69, 9.17) is 27.4 Å². The Kier molecular flexibility index (Phi) is 6.84. The SMILES string of the molecule is COCCCNC(=O)OCc1ccc(C(N)=S)cc1. The molecule has 0 saturated heterocycles. The van der Waals surface area contributed by atoms with E-state index in [1.54, 1.807) is 19.2 Å². The fraction of sp³-hybridized carbons (Fsp3) is 0.385. The van der Waals surface area contributed by atoms with Crippen LogP contribution >= 0.6 is 12.2 Å². The Morgan fingerprint density at radius 1 is 1.37 bits per heavy atom. The lowest BCUT2D eigenvalue weighted by Crippen LogP contribution is -2.25. The van der Waals surface area contributed by atoms with Crippen LogP contribution in [0.4, 0.5) is 4.79 Å². The van der Waals surface area contributed by atoms with E-state index >= 15 is 0 Å². The van der Waals surface area contributed by atoms with Crippen molar-refractivity contribution in [1.29, 1.82) is 0 Å². The van der Waals surface area contributed by atoms with Gasteiger partial charge in [0.15, 0.2) is 0 Å². The lowest BCUT2D eigenvalue weighted by atomic mass is 10.1. The Morgan fingerprint density at radius 3 is 2.63 bits per heavy atom. The zero-order valence-corrected chi connectivity index (χ0v) is 11.7. The standard InChI is InChI=1S/C13H18N2O3S/c1-17-8-2-7-15-13(16)18-9-10-3-5-11(6-4-10)12(14)19/h3-6H,2,7-9H2,1H3,(H2,14,19)(H,15,16). The normalized spacial score (nSPS) is 9.95. The highest BCUT2D eigenvalue weighted by Crippen LogP contribution is 2.05. The average Bonchev–Trinajstić information content (AvgIpc) is 2.42. The molecular formula is C13H18N2O3S. The van der Waals surface area contributed by atoms with Crippen LogP contribution in [0.2, 0.25) is 0 Å². The average molecular weight is 282 g/mol. The van der Waals surface area contributed by atoms with Gasteiger partial charge in [0.2, 0.25) is 0 Å². The molecule has 1 rings (SSSR count). The summed E-state index contributed by atoms with van der Waals surface area (Å²) in [4.78, 5) is 11.7. The fourth-order valence-electron chi connectivity index (χ4n) is 1.37. The van der Waals surface area contributed by atoms with Gasteiger partial charge in [-0.1, -0.05) is 36.5 Å². The maximum absolute atomic E-state index is 11.3. The van der Waals surface area contributed by atoms with Crippen LogP contribution in [0.3, 0.4) is 0 Å². The highest BCUT2D eigenvalue weighted by molar-refractivity contribution is 7.80. The molecule has 1 amide bonds. The number of nitrogens with one attached hydrogen (secondary N) is 1. The third-order valence-corrected chi connectivity index (χ3v) is 2.64. The van der Waals surface area contributed by atoms with Crippen LogP contribution < -0.4 is 11.1 Å². The van der Waals surface area contributed by atoms with E-state index in [2.05, 4.69) is 5.32 Å². The Bertz CT molecular complexity index is 420. The molecule has 3 N–H and O–H groups in total. The summed E-state index contributed by atoms with van der Waals surface area (Å²) in [5.41, 5.74) is 7.17. The van der Waals surface area contributed by atoms with Gasteiger partial charge in [-0.05, 0) is 12.0 Å². The molecule has 104 valence electrons. The number of carbonyl (C=O) groups is 1. The molecule has 0 aliphatic carbocycles. The molecule has 1 aromatic rings. The monoisotopic (exact) mass is 282 g/mol. The molecule has 5 nitrogen and oxygen atoms in total. The van der Waals surface area contributed by atoms with Gasteiger partial charge in [0.05, 0.1) is 0 Å². The topological polar surface area (TPSA) is 73.6 Å². The predicted molar refractivity (Wildman–Crippen MR) is 77.0 cm³/mol. The van der Waals surface area contributed by atoms with Crippen molar-refractivity contribution in [2.24, 2.45) is 5.73 Å². The van der Waals surface area contributed by atoms with E-state index in [0.29, 0.717) is 18.1 Å². The molecule has 6 heteroatoms. The molecule has 0 unspecified atom stereocenters. The van der Waals surface area contributed by atoms with Crippen LogP contribution in [0.25, 0.3) is 0 Å². The highest BCUT2D eigenvalue weighted by atomic mass is 32.1. The van der Waals surface area contributed by atoms with E-state index < -0.39 is 6.09 Å². The number of alkyl carbamates (subject to hydrolysis) is 1. The zero-order valence-electron chi connectivity index (χ0n) is 10.8. The van der Waals surface area contributed by atoms with Crippen LogP contribution in [0.1, 0.15) is 17.5 Å². The minimum atomic E-state index is -0.436. The molecule has 0 radical (unpaired) electrons. The Hall–Kier alpha value is -1.66. The molecular weight excluding hydrogens is 264 g/mol. The number of methoxy groups -OCH3 is 1. The number of hydrogen-bond donors (Lipinski definition) is 2. The van der Waals surface area contributed by atoms with Gasteiger partial charge < -0.3 is 20.5 Å². The first-order valence-electron chi connectivity index (χ1n) is 5.92. The number of amides is 1. The quantitative estimate of drug-likeness (QED) is 0.587. The van der Waals surface area contributed by atoms with Crippen molar-refractivity contribution in [2.45, 2.75) is 13.0 Å². The smallest absolute Gasteiger partial charge is 0.407 e. The second-order valence-electron chi connectivity index (χ2n) is 3.91. The molecule has 0 fully saturated rings. The van der Waals surface area contributed by atoms with Gasteiger partial charge >= 0.3 is 6.09 Å². The number of ether oxygens (including phenoxy) is 2. The summed E-state index contributed by atoms with van der Waals surface area (Å²) in [6, 6.07) is 7.26. The van der Waals surface area contributed by atoms with E-state index in [-0.39, 0.29) is 6.61 Å². The summed E-state index contributed by atoms with van der Waals surface area (Å²) >= 11 is 4.85. The molecule has 0 atom stereocenters. The Morgan fingerprint density at radius 2 is 2.05 bits per heavy atom. The first-order valence-corrected chi connectivity index (χ1v) is 6.32. The van der Waals surface area contributed by atoms with Gasteiger partial charge in [0.1, 0.15) is 11.6 Å². The number of carbonyl (C=O) groups excluding carboxylic acids is 1. The Balaban J connectivity index is 2.28. The summed E-state index contributed by atoms with van der Waals surface area (Å²) in [5, 5.41) is 2.64. The number of rotatable bonds is 7. The molecule has 0 aliphatic rings. The van der Waals surface area contributed by atoms with E-state index in [1.807, 2.05) is 12.1 Å². The molecule has 19 heavy (non-hydrogen) atoms. The van der Waals surface area contributed by atoms with Crippen molar-refractivity contribution in [3.63, 3.8) is 0 Å². The van der Waals surface area contributed by atoms with E-state index in [1.165, 1.54) is 0 Å². The molecule has 1 aromatic carbocycles. The summed E-state index contributed by atoms with van der Waals surface area (Å²) in [6.07, 6.45) is 0.323. The fourth-order valence-corrected chi connectivity index (χ4v) is 1.51. The maximum atomic E-state index is 11.3. The summed E-state index contributed by atoms with van der Waals surface area (Å²) < 4.78 is 9.92. The van der Waals surface area contributed by atoms with Crippen molar-refractivity contribution in [3.8, 4) is 0 Å². The second-order valence-corrected chi connectivity index (χ2v) is 4.35. The van der Waals surface area contributed by atoms with Crippen LogP contribution in [-0.2, 0) is 16.1 Å².